The molecule has 200 valence electrons. The number of pyridine rings is 2. The maximum Gasteiger partial charge on any atom is 0.145 e. The Bertz CT molecular complexity index is 1310. The molecule has 0 aromatic carbocycles. The van der Waals surface area contributed by atoms with Gasteiger partial charge in [-0.05, 0) is 84.4 Å². The fourth-order valence-electron chi connectivity index (χ4n) is 6.86. The number of nitrogens with one attached hydrogen (secondary N) is 1. The number of aromatic nitrogens is 3. The molecule has 0 unspecified atom stereocenters. The van der Waals surface area contributed by atoms with E-state index < -0.39 is 0 Å². The van der Waals surface area contributed by atoms with Crippen molar-refractivity contribution >= 4 is 33.6 Å². The Labute approximate surface area is 219 Å². The van der Waals surface area contributed by atoms with Gasteiger partial charge in [0.25, 0.3) is 0 Å². The number of aliphatic hydroxyl groups is 1. The summed E-state index contributed by atoms with van der Waals surface area (Å²) < 4.78 is 8.01. The lowest BCUT2D eigenvalue weighted by Gasteiger charge is -2.55. The zero-order chi connectivity index (χ0) is 26.5. The van der Waals surface area contributed by atoms with Crippen LogP contribution in [-0.2, 0) is 11.3 Å². The van der Waals surface area contributed by atoms with Gasteiger partial charge >= 0.3 is 0 Å². The maximum atomic E-state index is 10.6. The van der Waals surface area contributed by atoms with Crippen molar-refractivity contribution in [2.24, 2.45) is 11.7 Å². The second kappa shape index (κ2) is 9.48. The summed E-state index contributed by atoms with van der Waals surface area (Å²) in [4.78, 5) is 12.7. The van der Waals surface area contributed by atoms with Crippen molar-refractivity contribution in [1.29, 1.82) is 0 Å². The first-order valence-electron chi connectivity index (χ1n) is 13.5. The van der Waals surface area contributed by atoms with Crippen molar-refractivity contribution in [3.63, 3.8) is 0 Å². The highest BCUT2D eigenvalue weighted by Gasteiger charge is 2.45. The van der Waals surface area contributed by atoms with Gasteiger partial charge < -0.3 is 30.4 Å². The number of fused-ring (bicyclic) bond motifs is 3. The number of ether oxygens (including phenoxy) is 1. The van der Waals surface area contributed by atoms with Gasteiger partial charge in [-0.3, -0.25) is 4.98 Å². The number of piperidine rings is 1. The van der Waals surface area contributed by atoms with Gasteiger partial charge in [-0.2, -0.15) is 0 Å². The van der Waals surface area contributed by atoms with E-state index in [-0.39, 0.29) is 17.2 Å². The molecule has 8 heteroatoms. The lowest BCUT2D eigenvalue weighted by atomic mass is 9.78. The van der Waals surface area contributed by atoms with Crippen LogP contribution in [0.4, 0.5) is 5.82 Å². The Morgan fingerprint density at radius 1 is 1.16 bits per heavy atom. The molecular weight excluding hydrogens is 464 g/mol. The van der Waals surface area contributed by atoms with E-state index in [9.17, 15) is 5.11 Å². The summed E-state index contributed by atoms with van der Waals surface area (Å²) in [6.45, 7) is 13.2. The highest BCUT2D eigenvalue weighted by atomic mass is 16.5. The van der Waals surface area contributed by atoms with E-state index in [0.29, 0.717) is 18.8 Å². The molecule has 3 aromatic heterocycles. The van der Waals surface area contributed by atoms with Crippen LogP contribution >= 0.6 is 0 Å². The number of allylic oxidation sites excluding steroid dienone is 1. The predicted octanol–water partition coefficient (Wildman–Crippen LogP) is 4.40. The lowest BCUT2D eigenvalue weighted by molar-refractivity contribution is 0.0617. The summed E-state index contributed by atoms with van der Waals surface area (Å²) >= 11 is 0. The normalized spacial score (nSPS) is 21.4. The van der Waals surface area contributed by atoms with Crippen molar-refractivity contribution in [1.82, 2.24) is 19.9 Å². The Kier molecular flexibility index (Phi) is 6.61. The third-order valence-corrected chi connectivity index (χ3v) is 8.15. The smallest absolute Gasteiger partial charge is 0.145 e. The molecule has 8 nitrogen and oxygen atoms in total. The molecule has 0 radical (unpaired) electrons. The first-order chi connectivity index (χ1) is 17.5. The van der Waals surface area contributed by atoms with E-state index >= 15 is 0 Å². The second-order valence-electron chi connectivity index (χ2n) is 12.1. The standard InChI is InChI=1S/C29H42N6O2/c1-18(30)25(31-6)20-13-23-26(32-16-20)22-7-8-24(35-28(2,3)14-21(36)15-29(35,4)5)33-27(22)34(23)17-19-9-11-37-12-10-19/h7-8,13,16,19,21,31,36H,9-12,14-15,17,30H2,1-6H3/b25-18-. The van der Waals surface area contributed by atoms with E-state index in [1.165, 1.54) is 0 Å². The number of hydrogen-bond donors (Lipinski definition) is 3. The fraction of sp³-hybridized carbons (Fsp3) is 0.586. The summed E-state index contributed by atoms with van der Waals surface area (Å²) in [6, 6.07) is 6.49. The molecule has 2 saturated heterocycles. The van der Waals surface area contributed by atoms with E-state index in [1.807, 2.05) is 20.2 Å². The van der Waals surface area contributed by atoms with Crippen molar-refractivity contribution in [2.75, 3.05) is 25.2 Å². The highest BCUT2D eigenvalue weighted by molar-refractivity contribution is 6.05. The van der Waals surface area contributed by atoms with Crippen LogP contribution < -0.4 is 16.0 Å². The molecule has 0 aliphatic carbocycles. The number of aliphatic hydroxyl groups excluding tert-OH is 1. The van der Waals surface area contributed by atoms with Crippen LogP contribution in [0.25, 0.3) is 27.8 Å². The minimum Gasteiger partial charge on any atom is -0.401 e. The number of nitrogens with two attached hydrogens (primary N) is 1. The molecule has 4 N–H and O–H groups in total. The first kappa shape index (κ1) is 25.8. The number of rotatable bonds is 5. The van der Waals surface area contributed by atoms with Crippen LogP contribution in [0, 0.1) is 5.92 Å². The van der Waals surface area contributed by atoms with E-state index in [0.717, 1.165) is 77.4 Å². The van der Waals surface area contributed by atoms with Gasteiger partial charge in [0.1, 0.15) is 11.5 Å². The summed E-state index contributed by atoms with van der Waals surface area (Å²) in [6.07, 6.45) is 5.10. The maximum absolute atomic E-state index is 10.6. The van der Waals surface area contributed by atoms with Crippen LogP contribution in [0.2, 0.25) is 0 Å². The molecular formula is C29H42N6O2. The molecule has 0 spiro atoms. The average molecular weight is 507 g/mol. The molecule has 0 saturated carbocycles. The number of hydrogen-bond acceptors (Lipinski definition) is 7. The van der Waals surface area contributed by atoms with Crippen LogP contribution in [0.3, 0.4) is 0 Å². The van der Waals surface area contributed by atoms with Gasteiger partial charge in [0.15, 0.2) is 0 Å². The molecule has 2 aliphatic rings. The minimum atomic E-state index is -0.312. The van der Waals surface area contributed by atoms with Gasteiger partial charge in [-0.1, -0.05) is 0 Å². The third kappa shape index (κ3) is 4.66. The molecule has 2 aliphatic heterocycles. The van der Waals surface area contributed by atoms with Crippen LogP contribution in [0.1, 0.15) is 65.9 Å². The summed E-state index contributed by atoms with van der Waals surface area (Å²) in [5, 5.41) is 14.9. The Hall–Kier alpha value is -2.84. The molecule has 0 amide bonds. The number of nitrogens with zero attached hydrogens (tertiary/aromatic N) is 4. The SMILES string of the molecule is CN/C(=C(/C)N)c1cnc2c3ccc(N4C(C)(C)CC(O)CC4(C)C)nc3n(CC3CCOCC3)c2c1. The predicted molar refractivity (Wildman–Crippen MR) is 150 cm³/mol. The third-order valence-electron chi connectivity index (χ3n) is 8.15. The molecule has 0 bridgehead atoms. The Morgan fingerprint density at radius 3 is 2.46 bits per heavy atom. The van der Waals surface area contributed by atoms with Gasteiger partial charge in [0, 0.05) is 60.7 Å². The van der Waals surface area contributed by atoms with Crippen LogP contribution in [0.5, 0.6) is 0 Å². The van der Waals surface area contributed by atoms with E-state index in [2.05, 4.69) is 60.7 Å². The van der Waals surface area contributed by atoms with Crippen molar-refractivity contribution < 1.29 is 9.84 Å². The molecule has 5 heterocycles. The Morgan fingerprint density at radius 2 is 1.84 bits per heavy atom. The van der Waals surface area contributed by atoms with Crippen molar-refractivity contribution in [3.8, 4) is 0 Å². The molecule has 37 heavy (non-hydrogen) atoms. The summed E-state index contributed by atoms with van der Waals surface area (Å²) in [5.41, 5.74) is 11.3. The largest absolute Gasteiger partial charge is 0.401 e. The zero-order valence-corrected chi connectivity index (χ0v) is 23.1. The van der Waals surface area contributed by atoms with Crippen molar-refractivity contribution in [3.05, 3.63) is 35.7 Å². The molecule has 0 atom stereocenters. The van der Waals surface area contributed by atoms with Gasteiger partial charge in [0.2, 0.25) is 0 Å². The summed E-state index contributed by atoms with van der Waals surface area (Å²) in [5.74, 6) is 1.47. The minimum absolute atomic E-state index is 0.226. The van der Waals surface area contributed by atoms with Gasteiger partial charge in [-0.15, -0.1) is 0 Å². The van der Waals surface area contributed by atoms with Gasteiger partial charge in [0.05, 0.1) is 22.8 Å². The monoisotopic (exact) mass is 506 g/mol. The molecule has 3 aromatic rings. The van der Waals surface area contributed by atoms with Crippen molar-refractivity contribution in [2.45, 2.75) is 84.0 Å². The van der Waals surface area contributed by atoms with E-state index in [4.69, 9.17) is 20.4 Å². The van der Waals surface area contributed by atoms with Gasteiger partial charge in [-0.25, -0.2) is 4.98 Å². The summed E-state index contributed by atoms with van der Waals surface area (Å²) in [7, 11) is 1.89. The fourth-order valence-corrected chi connectivity index (χ4v) is 6.86. The quantitative estimate of drug-likeness (QED) is 0.472. The zero-order valence-electron chi connectivity index (χ0n) is 23.1. The topological polar surface area (TPSA) is 101 Å². The molecule has 5 rings (SSSR count). The van der Waals surface area contributed by atoms with Crippen LogP contribution in [0.15, 0.2) is 30.1 Å². The average Bonchev–Trinajstić information content (AvgIpc) is 3.10. The number of anilines is 1. The lowest BCUT2D eigenvalue weighted by Crippen LogP contribution is -2.62. The van der Waals surface area contributed by atoms with E-state index in [1.54, 1.807) is 0 Å². The Balaban J connectivity index is 1.71. The first-order valence-corrected chi connectivity index (χ1v) is 13.5. The highest BCUT2D eigenvalue weighted by Crippen LogP contribution is 2.42. The van der Waals surface area contributed by atoms with Crippen LogP contribution in [-0.4, -0.2) is 57.1 Å². The second-order valence-corrected chi connectivity index (χ2v) is 12.1. The molecule has 2 fully saturated rings.